The average molecular weight is 346 g/mol. The Morgan fingerprint density at radius 3 is 2.46 bits per heavy atom. The SMILES string of the molecule is C=C[C@H]1C(C)C(C(C)C)CC(=O)O[C@H]1C(C=C(N)C(F)(F)F)=NC. The monoisotopic (exact) mass is 346 g/mol. The predicted octanol–water partition coefficient (Wildman–Crippen LogP) is 3.49. The van der Waals surface area contributed by atoms with Crippen molar-refractivity contribution in [1.29, 1.82) is 0 Å². The lowest BCUT2D eigenvalue weighted by molar-refractivity contribution is -0.146. The molecule has 0 aromatic heterocycles. The van der Waals surface area contributed by atoms with Crippen molar-refractivity contribution in [2.45, 2.75) is 39.5 Å². The average Bonchev–Trinajstić information content (AvgIpc) is 2.60. The molecule has 0 aromatic carbocycles. The fraction of sp³-hybridized carbons (Fsp3) is 0.647. The number of carbonyl (C=O) groups excluding carboxylic acids is 1. The molecule has 136 valence electrons. The van der Waals surface area contributed by atoms with Crippen LogP contribution in [0.5, 0.6) is 0 Å². The van der Waals surface area contributed by atoms with Gasteiger partial charge in [-0.3, -0.25) is 9.79 Å². The highest BCUT2D eigenvalue weighted by Gasteiger charge is 2.41. The molecule has 1 aliphatic rings. The van der Waals surface area contributed by atoms with Crippen LogP contribution in [0.4, 0.5) is 13.2 Å². The van der Waals surface area contributed by atoms with Gasteiger partial charge in [0.1, 0.15) is 11.8 Å². The van der Waals surface area contributed by atoms with Crippen LogP contribution in [0.1, 0.15) is 27.2 Å². The topological polar surface area (TPSA) is 64.7 Å². The summed E-state index contributed by atoms with van der Waals surface area (Å²) < 4.78 is 43.6. The third-order valence-electron chi connectivity index (χ3n) is 4.60. The number of cyclic esters (lactones) is 1. The number of hydrogen-bond acceptors (Lipinski definition) is 4. The molecular weight excluding hydrogens is 321 g/mol. The lowest BCUT2D eigenvalue weighted by atomic mass is 9.73. The highest BCUT2D eigenvalue weighted by molar-refractivity contribution is 6.00. The number of aliphatic imine (C=N–C) groups is 1. The summed E-state index contributed by atoms with van der Waals surface area (Å²) in [4.78, 5) is 16.0. The van der Waals surface area contributed by atoms with Crippen molar-refractivity contribution in [1.82, 2.24) is 0 Å². The summed E-state index contributed by atoms with van der Waals surface area (Å²) in [6.07, 6.45) is -3.03. The molecule has 4 nitrogen and oxygen atoms in total. The van der Waals surface area contributed by atoms with Crippen LogP contribution in [0.15, 0.2) is 29.4 Å². The number of carbonyl (C=O) groups is 1. The first kappa shape index (κ1) is 20.3. The van der Waals surface area contributed by atoms with Crippen molar-refractivity contribution in [2.75, 3.05) is 7.05 Å². The van der Waals surface area contributed by atoms with Gasteiger partial charge in [-0.15, -0.1) is 6.58 Å². The van der Waals surface area contributed by atoms with Gasteiger partial charge in [0.15, 0.2) is 0 Å². The van der Waals surface area contributed by atoms with Gasteiger partial charge in [0.05, 0.1) is 5.71 Å². The largest absolute Gasteiger partial charge is 0.455 e. The van der Waals surface area contributed by atoms with Crippen molar-refractivity contribution >= 4 is 11.7 Å². The molecule has 1 fully saturated rings. The van der Waals surface area contributed by atoms with E-state index in [9.17, 15) is 18.0 Å². The van der Waals surface area contributed by atoms with Gasteiger partial charge in [-0.2, -0.15) is 13.2 Å². The standard InChI is InChI=1S/C17H25F3N2O2/c1-6-11-10(4)12(9(2)3)7-15(23)24-16(11)13(22-5)8-14(21)17(18,19)20/h6,8-12,16H,1,7,21H2,2-5H3/t10?,11-,12?,16+/m0/s1. The van der Waals surface area contributed by atoms with E-state index in [1.54, 1.807) is 6.08 Å². The van der Waals surface area contributed by atoms with Crippen LogP contribution in [0.3, 0.4) is 0 Å². The maximum Gasteiger partial charge on any atom is 0.430 e. The van der Waals surface area contributed by atoms with Crippen LogP contribution < -0.4 is 5.73 Å². The number of nitrogens with zero attached hydrogens (tertiary/aromatic N) is 1. The third kappa shape index (κ3) is 4.61. The Hall–Kier alpha value is -1.79. The Bertz CT molecular complexity index is 538. The zero-order valence-electron chi connectivity index (χ0n) is 14.4. The van der Waals surface area contributed by atoms with E-state index in [-0.39, 0.29) is 35.8 Å². The van der Waals surface area contributed by atoms with Gasteiger partial charge in [-0.1, -0.05) is 26.8 Å². The molecule has 24 heavy (non-hydrogen) atoms. The summed E-state index contributed by atoms with van der Waals surface area (Å²) in [7, 11) is 1.35. The molecule has 1 saturated heterocycles. The highest BCUT2D eigenvalue weighted by atomic mass is 19.4. The molecule has 0 spiro atoms. The predicted molar refractivity (Wildman–Crippen MR) is 87.4 cm³/mol. The maximum absolute atomic E-state index is 12.7. The summed E-state index contributed by atoms with van der Waals surface area (Å²) in [6.45, 7) is 9.73. The first-order valence-electron chi connectivity index (χ1n) is 7.86. The van der Waals surface area contributed by atoms with E-state index < -0.39 is 23.9 Å². The van der Waals surface area contributed by atoms with Crippen molar-refractivity contribution < 1.29 is 22.7 Å². The third-order valence-corrected chi connectivity index (χ3v) is 4.60. The summed E-state index contributed by atoms with van der Waals surface area (Å²) >= 11 is 0. The molecule has 2 unspecified atom stereocenters. The quantitative estimate of drug-likeness (QED) is 0.481. The van der Waals surface area contributed by atoms with Crippen molar-refractivity contribution in [3.63, 3.8) is 0 Å². The van der Waals surface area contributed by atoms with Gasteiger partial charge in [-0.25, -0.2) is 0 Å². The minimum Gasteiger partial charge on any atom is -0.455 e. The van der Waals surface area contributed by atoms with Crippen LogP contribution in [0, 0.1) is 23.7 Å². The van der Waals surface area contributed by atoms with Gasteiger partial charge < -0.3 is 10.5 Å². The number of allylic oxidation sites excluding steroid dienone is 1. The zero-order valence-corrected chi connectivity index (χ0v) is 14.4. The van der Waals surface area contributed by atoms with Crippen LogP contribution in [-0.2, 0) is 9.53 Å². The Labute approximate surface area is 140 Å². The number of esters is 1. The molecule has 0 aromatic rings. The normalized spacial score (nSPS) is 30.1. The Balaban J connectivity index is 3.28. The van der Waals surface area contributed by atoms with Gasteiger partial charge in [0.25, 0.3) is 0 Å². The van der Waals surface area contributed by atoms with Crippen LogP contribution >= 0.6 is 0 Å². The lowest BCUT2D eigenvalue weighted by Gasteiger charge is -2.31. The molecule has 0 saturated carbocycles. The molecular formula is C17H25F3N2O2. The Morgan fingerprint density at radius 2 is 2.04 bits per heavy atom. The number of rotatable bonds is 4. The number of ether oxygens (including phenoxy) is 1. The van der Waals surface area contributed by atoms with E-state index in [4.69, 9.17) is 10.5 Å². The minimum atomic E-state index is -4.67. The van der Waals surface area contributed by atoms with E-state index in [0.717, 1.165) is 6.08 Å². The molecule has 7 heteroatoms. The second-order valence-corrected chi connectivity index (χ2v) is 6.44. The molecule has 1 aliphatic heterocycles. The maximum atomic E-state index is 12.7. The van der Waals surface area contributed by atoms with Gasteiger partial charge in [0.2, 0.25) is 0 Å². The number of nitrogens with two attached hydrogens (primary N) is 1. The zero-order chi connectivity index (χ0) is 18.7. The molecule has 0 bridgehead atoms. The minimum absolute atomic E-state index is 0.00351. The molecule has 4 atom stereocenters. The number of hydrogen-bond donors (Lipinski definition) is 1. The van der Waals surface area contributed by atoms with Crippen molar-refractivity contribution in [3.8, 4) is 0 Å². The number of alkyl halides is 3. The first-order chi connectivity index (χ1) is 11.0. The van der Waals surface area contributed by atoms with Crippen LogP contribution in [-0.4, -0.2) is 31.0 Å². The summed E-state index contributed by atoms with van der Waals surface area (Å²) in [5.74, 6) is -0.523. The van der Waals surface area contributed by atoms with Gasteiger partial charge >= 0.3 is 12.1 Å². The highest BCUT2D eigenvalue weighted by Crippen LogP contribution is 2.37. The van der Waals surface area contributed by atoms with Crippen molar-refractivity contribution in [3.05, 3.63) is 24.4 Å². The van der Waals surface area contributed by atoms with Crippen molar-refractivity contribution in [2.24, 2.45) is 34.4 Å². The first-order valence-corrected chi connectivity index (χ1v) is 7.86. The molecule has 2 N–H and O–H groups in total. The lowest BCUT2D eigenvalue weighted by Crippen LogP contribution is -2.36. The fourth-order valence-corrected chi connectivity index (χ4v) is 3.16. The Kier molecular flexibility index (Phi) is 6.63. The summed E-state index contributed by atoms with van der Waals surface area (Å²) in [6, 6.07) is 0. The van der Waals surface area contributed by atoms with E-state index in [2.05, 4.69) is 11.6 Å². The van der Waals surface area contributed by atoms with Gasteiger partial charge in [0, 0.05) is 19.4 Å². The molecule has 1 heterocycles. The fourth-order valence-electron chi connectivity index (χ4n) is 3.16. The second kappa shape index (κ2) is 7.85. The van der Waals surface area contributed by atoms with E-state index in [1.807, 2.05) is 20.8 Å². The second-order valence-electron chi connectivity index (χ2n) is 6.44. The Morgan fingerprint density at radius 1 is 1.46 bits per heavy atom. The van der Waals surface area contributed by atoms with E-state index in [0.29, 0.717) is 0 Å². The summed E-state index contributed by atoms with van der Waals surface area (Å²) in [5.41, 5.74) is 3.80. The number of halogens is 3. The van der Waals surface area contributed by atoms with E-state index in [1.165, 1.54) is 7.05 Å². The van der Waals surface area contributed by atoms with Crippen LogP contribution in [0.2, 0.25) is 0 Å². The van der Waals surface area contributed by atoms with E-state index >= 15 is 0 Å². The summed E-state index contributed by atoms with van der Waals surface area (Å²) in [5, 5.41) is 0. The van der Waals surface area contributed by atoms with Gasteiger partial charge in [-0.05, 0) is 23.8 Å². The van der Waals surface area contributed by atoms with Crippen LogP contribution in [0.25, 0.3) is 0 Å². The molecule has 0 amide bonds. The smallest absolute Gasteiger partial charge is 0.430 e. The molecule has 0 aliphatic carbocycles. The molecule has 1 rings (SSSR count). The molecule has 0 radical (unpaired) electrons.